The Morgan fingerprint density at radius 3 is 1.97 bits per heavy atom. The summed E-state index contributed by atoms with van der Waals surface area (Å²) in [7, 11) is 0. The maximum atomic E-state index is 12.2. The lowest BCUT2D eigenvalue weighted by Crippen LogP contribution is -2.24. The zero-order chi connectivity index (χ0) is 22.7. The van der Waals surface area contributed by atoms with Crippen LogP contribution >= 0.6 is 11.6 Å². The molecule has 0 fully saturated rings. The highest BCUT2D eigenvalue weighted by Gasteiger charge is 2.13. The number of benzene rings is 4. The van der Waals surface area contributed by atoms with Gasteiger partial charge in [0.15, 0.2) is 6.61 Å². The Balaban J connectivity index is 1.48. The van der Waals surface area contributed by atoms with Crippen LogP contribution < -0.4 is 10.2 Å². The van der Waals surface area contributed by atoms with Crippen molar-refractivity contribution in [1.82, 2.24) is 5.43 Å². The first-order valence-corrected chi connectivity index (χ1v) is 10.9. The number of rotatable bonds is 5. The van der Waals surface area contributed by atoms with E-state index in [1.807, 2.05) is 72.8 Å². The summed E-state index contributed by atoms with van der Waals surface area (Å²) in [5.74, 6) is 0.315. The molecular weight excluding hydrogens is 420 g/mol. The monoisotopic (exact) mass is 444 g/mol. The van der Waals surface area contributed by atoms with E-state index in [0.29, 0.717) is 10.8 Å². The lowest BCUT2D eigenvalue weighted by atomic mass is 9.87. The third kappa shape index (κ3) is 4.61. The molecule has 4 nitrogen and oxygen atoms in total. The van der Waals surface area contributed by atoms with Gasteiger partial charge in [-0.15, -0.1) is 0 Å². The number of nitrogens with zero attached hydrogens (tertiary/aromatic N) is 1. The molecule has 162 valence electrons. The Kier molecular flexibility index (Phi) is 6.15. The van der Waals surface area contributed by atoms with Crippen molar-refractivity contribution < 1.29 is 9.53 Å². The van der Waals surface area contributed by atoms with E-state index in [-0.39, 0.29) is 17.9 Å². The van der Waals surface area contributed by atoms with Gasteiger partial charge >= 0.3 is 0 Å². The zero-order valence-electron chi connectivity index (χ0n) is 18.4. The molecule has 0 aliphatic heterocycles. The van der Waals surface area contributed by atoms with Gasteiger partial charge in [0.2, 0.25) is 0 Å². The van der Waals surface area contributed by atoms with Crippen molar-refractivity contribution >= 4 is 45.3 Å². The third-order valence-electron chi connectivity index (χ3n) is 5.38. The molecule has 32 heavy (non-hydrogen) atoms. The van der Waals surface area contributed by atoms with Crippen LogP contribution in [0, 0.1) is 0 Å². The van der Waals surface area contributed by atoms with Crippen molar-refractivity contribution in [3.05, 3.63) is 88.9 Å². The van der Waals surface area contributed by atoms with Crippen molar-refractivity contribution in [2.24, 2.45) is 5.10 Å². The molecule has 4 aromatic rings. The summed E-state index contributed by atoms with van der Waals surface area (Å²) in [5, 5.41) is 8.74. The van der Waals surface area contributed by atoms with E-state index < -0.39 is 0 Å². The van der Waals surface area contributed by atoms with E-state index in [2.05, 4.69) is 31.3 Å². The Bertz CT molecular complexity index is 1250. The smallest absolute Gasteiger partial charge is 0.277 e. The van der Waals surface area contributed by atoms with Gasteiger partial charge in [0.05, 0.1) is 11.2 Å². The van der Waals surface area contributed by atoms with Crippen LogP contribution in [0.1, 0.15) is 31.9 Å². The van der Waals surface area contributed by atoms with Crippen LogP contribution in [0.3, 0.4) is 0 Å². The minimum absolute atomic E-state index is 0.0701. The summed E-state index contributed by atoms with van der Waals surface area (Å²) in [6.07, 6.45) is 1.66. The number of hydrogen-bond donors (Lipinski definition) is 1. The number of hydrogen-bond acceptors (Lipinski definition) is 3. The fraction of sp³-hybridized carbons (Fsp3) is 0.185. The summed E-state index contributed by atoms with van der Waals surface area (Å²) in [6.45, 7) is 6.35. The maximum absolute atomic E-state index is 12.2. The highest BCUT2D eigenvalue weighted by atomic mass is 35.5. The highest BCUT2D eigenvalue weighted by Crippen LogP contribution is 2.35. The molecule has 4 aromatic carbocycles. The topological polar surface area (TPSA) is 50.7 Å². The highest BCUT2D eigenvalue weighted by molar-refractivity contribution is 6.42. The molecule has 1 N–H and O–H groups in total. The number of halogens is 1. The zero-order valence-corrected chi connectivity index (χ0v) is 19.1. The van der Waals surface area contributed by atoms with Crippen LogP contribution in [0.5, 0.6) is 5.75 Å². The fourth-order valence-electron chi connectivity index (χ4n) is 3.65. The van der Waals surface area contributed by atoms with E-state index in [1.54, 1.807) is 6.21 Å². The number of carbonyl (C=O) groups excluding carboxylic acids is 1. The molecule has 0 aromatic heterocycles. The van der Waals surface area contributed by atoms with Gasteiger partial charge in [-0.25, -0.2) is 5.43 Å². The summed E-state index contributed by atoms with van der Waals surface area (Å²) < 4.78 is 5.59. The molecule has 1 amide bonds. The van der Waals surface area contributed by atoms with Crippen molar-refractivity contribution in [3.63, 3.8) is 0 Å². The fourth-order valence-corrected chi connectivity index (χ4v) is 3.98. The van der Waals surface area contributed by atoms with Crippen molar-refractivity contribution in [2.45, 2.75) is 26.2 Å². The molecule has 0 saturated heterocycles. The molecular formula is C27H25ClN2O2. The number of hydrazone groups is 1. The lowest BCUT2D eigenvalue weighted by molar-refractivity contribution is -0.123. The van der Waals surface area contributed by atoms with Gasteiger partial charge in [0.25, 0.3) is 5.91 Å². The van der Waals surface area contributed by atoms with Gasteiger partial charge in [0.1, 0.15) is 5.75 Å². The van der Waals surface area contributed by atoms with E-state index in [0.717, 1.165) is 27.1 Å². The minimum Gasteiger partial charge on any atom is -0.484 e. The third-order valence-corrected chi connectivity index (χ3v) is 5.79. The molecule has 0 saturated carbocycles. The molecule has 5 heteroatoms. The lowest BCUT2D eigenvalue weighted by Gasteiger charge is -2.19. The summed E-state index contributed by atoms with van der Waals surface area (Å²) in [5.41, 5.74) is 4.74. The number of ether oxygens (including phenoxy) is 1. The molecule has 0 bridgehead atoms. The Labute approximate surface area is 192 Å². The molecule has 0 aliphatic rings. The van der Waals surface area contributed by atoms with Gasteiger partial charge in [-0.3, -0.25) is 4.79 Å². The van der Waals surface area contributed by atoms with Gasteiger partial charge < -0.3 is 4.74 Å². The Morgan fingerprint density at radius 2 is 1.44 bits per heavy atom. The molecule has 0 heterocycles. The molecule has 0 spiro atoms. The predicted molar refractivity (Wildman–Crippen MR) is 133 cm³/mol. The Hall–Kier alpha value is -3.37. The summed E-state index contributed by atoms with van der Waals surface area (Å²) in [6, 6.07) is 23.6. The SMILES string of the molecule is CC(C)(C)c1ccc(OCC(=O)N/N=C/c2c3ccccc3c(Cl)c3ccccc23)cc1. The van der Waals surface area contributed by atoms with Crippen molar-refractivity contribution in [3.8, 4) is 5.75 Å². The average molecular weight is 445 g/mol. The molecule has 0 atom stereocenters. The first kappa shape index (κ1) is 21.8. The van der Waals surface area contributed by atoms with E-state index in [9.17, 15) is 4.79 Å². The number of nitrogens with one attached hydrogen (secondary N) is 1. The quantitative estimate of drug-likeness (QED) is 0.218. The predicted octanol–water partition coefficient (Wildman–Crippen LogP) is 6.47. The van der Waals surface area contributed by atoms with Gasteiger partial charge in [-0.1, -0.05) is 93.0 Å². The van der Waals surface area contributed by atoms with Gasteiger partial charge in [0, 0.05) is 16.3 Å². The summed E-state index contributed by atoms with van der Waals surface area (Å²) >= 11 is 6.63. The molecule has 0 radical (unpaired) electrons. The molecule has 0 unspecified atom stereocenters. The molecule has 0 aliphatic carbocycles. The second-order valence-electron chi connectivity index (χ2n) is 8.68. The maximum Gasteiger partial charge on any atom is 0.277 e. The number of amides is 1. The first-order valence-electron chi connectivity index (χ1n) is 10.5. The summed E-state index contributed by atoms with van der Waals surface area (Å²) in [4.78, 5) is 12.2. The van der Waals surface area contributed by atoms with Crippen LogP contribution in [0.15, 0.2) is 77.9 Å². The van der Waals surface area contributed by atoms with Gasteiger partial charge in [-0.05, 0) is 33.9 Å². The van der Waals surface area contributed by atoms with E-state index in [4.69, 9.17) is 16.3 Å². The van der Waals surface area contributed by atoms with Crippen LogP contribution in [0.4, 0.5) is 0 Å². The standard InChI is InChI=1S/C27H25ClN2O2/c1-27(2,3)18-12-14-19(15-13-18)32-17-25(31)30-29-16-24-20-8-4-6-10-22(20)26(28)23-11-7-5-9-21(23)24/h4-16H,17H2,1-3H3,(H,30,31)/b29-16+. The minimum atomic E-state index is -0.330. The second-order valence-corrected chi connectivity index (χ2v) is 9.05. The largest absolute Gasteiger partial charge is 0.484 e. The second kappa shape index (κ2) is 9.01. The van der Waals surface area contributed by atoms with Crippen molar-refractivity contribution in [1.29, 1.82) is 0 Å². The van der Waals surface area contributed by atoms with E-state index >= 15 is 0 Å². The normalized spacial score (nSPS) is 11.9. The van der Waals surface area contributed by atoms with Crippen LogP contribution in [-0.2, 0) is 10.2 Å². The first-order chi connectivity index (χ1) is 15.3. The van der Waals surface area contributed by atoms with Crippen LogP contribution in [0.2, 0.25) is 5.02 Å². The Morgan fingerprint density at radius 1 is 0.906 bits per heavy atom. The van der Waals surface area contributed by atoms with Crippen LogP contribution in [0.25, 0.3) is 21.5 Å². The van der Waals surface area contributed by atoms with Gasteiger partial charge in [-0.2, -0.15) is 5.10 Å². The average Bonchev–Trinajstić information content (AvgIpc) is 2.79. The van der Waals surface area contributed by atoms with Crippen molar-refractivity contribution in [2.75, 3.05) is 6.61 Å². The number of fused-ring (bicyclic) bond motifs is 2. The van der Waals surface area contributed by atoms with Crippen LogP contribution in [-0.4, -0.2) is 18.7 Å². The number of carbonyl (C=O) groups is 1. The van der Waals surface area contributed by atoms with E-state index in [1.165, 1.54) is 5.56 Å². The molecule has 4 rings (SSSR count).